The fourth-order valence-electron chi connectivity index (χ4n) is 2.06. The predicted molar refractivity (Wildman–Crippen MR) is 73.0 cm³/mol. The van der Waals surface area contributed by atoms with Crippen LogP contribution in [0.1, 0.15) is 16.7 Å². The lowest BCUT2D eigenvalue weighted by atomic mass is 10.0. The van der Waals surface area contributed by atoms with Crippen molar-refractivity contribution in [3.8, 4) is 5.75 Å². The molecule has 0 N–H and O–H groups in total. The van der Waals surface area contributed by atoms with Gasteiger partial charge in [-0.3, -0.25) is 0 Å². The van der Waals surface area contributed by atoms with Gasteiger partial charge < -0.3 is 9.64 Å². The van der Waals surface area contributed by atoms with Crippen LogP contribution in [0.15, 0.2) is 6.07 Å². The number of methoxy groups -OCH3 is 1. The lowest BCUT2D eigenvalue weighted by molar-refractivity contribution is 0.408. The van der Waals surface area contributed by atoms with Crippen molar-refractivity contribution in [3.63, 3.8) is 0 Å². The van der Waals surface area contributed by atoms with Gasteiger partial charge in [0.2, 0.25) is 5.13 Å². The number of benzene rings is 1. The van der Waals surface area contributed by atoms with E-state index in [-0.39, 0.29) is 0 Å². The van der Waals surface area contributed by atoms with E-state index in [0.717, 1.165) is 27.7 Å². The Kier molecular flexibility index (Phi) is 3.47. The molecule has 2 rings (SSSR count). The third-order valence-electron chi connectivity index (χ3n) is 3.14. The van der Waals surface area contributed by atoms with Gasteiger partial charge in [0.15, 0.2) is 0 Å². The summed E-state index contributed by atoms with van der Waals surface area (Å²) in [5, 5.41) is 8.40. The molecular weight excluding hydrogens is 248 g/mol. The molecule has 2 aromatic rings. The zero-order valence-corrected chi connectivity index (χ0v) is 12.0. The van der Waals surface area contributed by atoms with Gasteiger partial charge in [0.05, 0.1) is 7.11 Å². The third-order valence-corrected chi connectivity index (χ3v) is 3.81. The first-order chi connectivity index (χ1) is 8.56. The van der Waals surface area contributed by atoms with Crippen LogP contribution in [-0.2, 0) is 0 Å². The van der Waals surface area contributed by atoms with Crippen LogP contribution in [0.5, 0.6) is 5.75 Å². The van der Waals surface area contributed by atoms with E-state index in [0.29, 0.717) is 0 Å². The monoisotopic (exact) mass is 264 g/mol. The number of rotatable bonds is 3. The van der Waals surface area contributed by atoms with Crippen LogP contribution in [0.25, 0.3) is 0 Å². The van der Waals surface area contributed by atoms with Crippen molar-refractivity contribution in [2.75, 3.05) is 19.1 Å². The number of nitrogens with zero attached hydrogens (tertiary/aromatic N) is 4. The van der Waals surface area contributed by atoms with E-state index >= 15 is 0 Å². The highest BCUT2D eigenvalue weighted by Gasteiger charge is 2.16. The van der Waals surface area contributed by atoms with Crippen molar-refractivity contribution in [1.29, 1.82) is 0 Å². The van der Waals surface area contributed by atoms with Crippen LogP contribution in [0.3, 0.4) is 0 Å². The molecule has 18 heavy (non-hydrogen) atoms. The van der Waals surface area contributed by atoms with Crippen molar-refractivity contribution in [1.82, 2.24) is 14.8 Å². The first kappa shape index (κ1) is 12.8. The Morgan fingerprint density at radius 2 is 1.94 bits per heavy atom. The van der Waals surface area contributed by atoms with Gasteiger partial charge in [0.1, 0.15) is 5.75 Å². The Morgan fingerprint density at radius 3 is 2.50 bits per heavy atom. The lowest BCUT2D eigenvalue weighted by Gasteiger charge is -2.21. The van der Waals surface area contributed by atoms with Crippen molar-refractivity contribution in [2.24, 2.45) is 0 Å². The van der Waals surface area contributed by atoms with Gasteiger partial charge in [0, 0.05) is 24.3 Å². The van der Waals surface area contributed by atoms with E-state index in [9.17, 15) is 0 Å². The van der Waals surface area contributed by atoms with Crippen LogP contribution in [0.4, 0.5) is 10.8 Å². The maximum absolute atomic E-state index is 5.43. The molecule has 1 aromatic carbocycles. The SMILES string of the molecule is COc1c(C)cc(N(C)c2nnns2)c(C)c1C. The molecule has 0 saturated heterocycles. The summed E-state index contributed by atoms with van der Waals surface area (Å²) in [4.78, 5) is 2.00. The minimum atomic E-state index is 0.780. The summed E-state index contributed by atoms with van der Waals surface area (Å²) < 4.78 is 9.22. The van der Waals surface area contributed by atoms with Gasteiger partial charge in [-0.25, -0.2) is 0 Å². The van der Waals surface area contributed by atoms with E-state index in [4.69, 9.17) is 4.74 Å². The van der Waals surface area contributed by atoms with Crippen molar-refractivity contribution in [3.05, 3.63) is 22.8 Å². The van der Waals surface area contributed by atoms with E-state index in [1.165, 1.54) is 17.1 Å². The molecule has 0 fully saturated rings. The summed E-state index contributed by atoms with van der Waals surface area (Å²) in [6, 6.07) is 2.10. The van der Waals surface area contributed by atoms with Crippen LogP contribution in [0, 0.1) is 20.8 Å². The number of hydrogen-bond acceptors (Lipinski definition) is 6. The molecule has 0 aliphatic rings. The predicted octanol–water partition coefficient (Wildman–Crippen LogP) is 2.63. The number of aromatic nitrogens is 3. The molecule has 0 aliphatic heterocycles. The molecule has 0 radical (unpaired) electrons. The van der Waals surface area contributed by atoms with E-state index in [2.05, 4.69) is 34.7 Å². The molecule has 96 valence electrons. The molecule has 0 amide bonds. The lowest BCUT2D eigenvalue weighted by Crippen LogP contribution is -2.12. The van der Waals surface area contributed by atoms with Gasteiger partial charge in [-0.1, -0.05) is 9.59 Å². The summed E-state index contributed by atoms with van der Waals surface area (Å²) in [6.45, 7) is 6.19. The number of anilines is 2. The largest absolute Gasteiger partial charge is 0.496 e. The molecule has 0 saturated carbocycles. The molecule has 0 spiro atoms. The average Bonchev–Trinajstić information content (AvgIpc) is 2.87. The Morgan fingerprint density at radius 1 is 1.22 bits per heavy atom. The van der Waals surface area contributed by atoms with Crippen LogP contribution in [-0.4, -0.2) is 29.0 Å². The fraction of sp³-hybridized carbons (Fsp3) is 0.417. The van der Waals surface area contributed by atoms with Gasteiger partial charge >= 0.3 is 0 Å². The minimum absolute atomic E-state index is 0.780. The highest BCUT2D eigenvalue weighted by atomic mass is 32.1. The highest BCUT2D eigenvalue weighted by molar-refractivity contribution is 7.09. The second kappa shape index (κ2) is 4.89. The third kappa shape index (κ3) is 2.03. The summed E-state index contributed by atoms with van der Waals surface area (Å²) in [5.74, 6) is 0.944. The number of aryl methyl sites for hydroxylation is 1. The number of ether oxygens (including phenoxy) is 1. The minimum Gasteiger partial charge on any atom is -0.496 e. The van der Waals surface area contributed by atoms with Gasteiger partial charge in [-0.05, 0) is 48.7 Å². The summed E-state index contributed by atoms with van der Waals surface area (Å²) >= 11 is 1.28. The fourth-order valence-corrected chi connectivity index (χ4v) is 2.50. The first-order valence-electron chi connectivity index (χ1n) is 5.59. The molecule has 0 aliphatic carbocycles. The molecular formula is C12H16N4OS. The number of hydrogen-bond donors (Lipinski definition) is 0. The topological polar surface area (TPSA) is 51.1 Å². The standard InChI is InChI=1S/C12H16N4OS/c1-7-6-10(8(2)9(3)11(7)17-5)16(4)12-13-14-15-18-12/h6H,1-5H3. The van der Waals surface area contributed by atoms with Gasteiger partial charge in [-0.15, -0.1) is 0 Å². The van der Waals surface area contributed by atoms with Crippen molar-refractivity contribution >= 4 is 22.4 Å². The Bertz CT molecular complexity index is 554. The second-order valence-corrected chi connectivity index (χ2v) is 4.91. The molecule has 1 heterocycles. The molecule has 0 bridgehead atoms. The Labute approximate surface area is 111 Å². The van der Waals surface area contributed by atoms with Crippen molar-refractivity contribution < 1.29 is 4.74 Å². The molecule has 6 heteroatoms. The van der Waals surface area contributed by atoms with E-state index < -0.39 is 0 Å². The normalized spacial score (nSPS) is 10.5. The van der Waals surface area contributed by atoms with Crippen LogP contribution >= 0.6 is 11.5 Å². The molecule has 5 nitrogen and oxygen atoms in total. The Hall–Kier alpha value is -1.69. The first-order valence-corrected chi connectivity index (χ1v) is 6.37. The van der Waals surface area contributed by atoms with Gasteiger partial charge in [-0.2, -0.15) is 0 Å². The summed E-state index contributed by atoms with van der Waals surface area (Å²) in [7, 11) is 3.67. The quantitative estimate of drug-likeness (QED) is 0.853. The zero-order chi connectivity index (χ0) is 13.3. The maximum atomic E-state index is 5.43. The Balaban J connectivity index is 2.52. The molecule has 1 aromatic heterocycles. The summed E-state index contributed by atoms with van der Waals surface area (Å²) in [6.07, 6.45) is 0. The average molecular weight is 264 g/mol. The van der Waals surface area contributed by atoms with E-state index in [1.807, 2.05) is 18.9 Å². The van der Waals surface area contributed by atoms with E-state index in [1.54, 1.807) is 7.11 Å². The summed E-state index contributed by atoms with van der Waals surface area (Å²) in [5.41, 5.74) is 4.54. The zero-order valence-electron chi connectivity index (χ0n) is 11.2. The smallest absolute Gasteiger partial charge is 0.232 e. The maximum Gasteiger partial charge on any atom is 0.232 e. The molecule has 0 atom stereocenters. The van der Waals surface area contributed by atoms with Crippen LogP contribution in [0.2, 0.25) is 0 Å². The van der Waals surface area contributed by atoms with Crippen LogP contribution < -0.4 is 9.64 Å². The second-order valence-electron chi connectivity index (χ2n) is 4.20. The highest BCUT2D eigenvalue weighted by Crippen LogP contribution is 2.35. The molecule has 0 unspecified atom stereocenters. The van der Waals surface area contributed by atoms with Crippen molar-refractivity contribution in [2.45, 2.75) is 20.8 Å². The van der Waals surface area contributed by atoms with Gasteiger partial charge in [0.25, 0.3) is 0 Å².